The zero-order chi connectivity index (χ0) is 18.9. The van der Waals surface area contributed by atoms with Gasteiger partial charge in [-0.15, -0.1) is 0 Å². The Morgan fingerprint density at radius 3 is 2.50 bits per heavy atom. The van der Waals surface area contributed by atoms with Gasteiger partial charge in [-0.1, -0.05) is 48.9 Å². The molecule has 0 fully saturated rings. The summed E-state index contributed by atoms with van der Waals surface area (Å²) in [4.78, 5) is 2.18. The van der Waals surface area contributed by atoms with Crippen LogP contribution in [0.3, 0.4) is 0 Å². The largest absolute Gasteiger partial charge is 0.493 e. The van der Waals surface area contributed by atoms with Gasteiger partial charge >= 0.3 is 0 Å². The number of benzene rings is 2. The molecule has 4 nitrogen and oxygen atoms in total. The van der Waals surface area contributed by atoms with Gasteiger partial charge in [-0.25, -0.2) is 0 Å². The van der Waals surface area contributed by atoms with E-state index >= 15 is 0 Å². The van der Waals surface area contributed by atoms with E-state index in [1.165, 1.54) is 5.56 Å². The first-order valence-corrected chi connectivity index (χ1v) is 9.35. The summed E-state index contributed by atoms with van der Waals surface area (Å²) in [6.07, 6.45) is 0.923. The molecule has 1 atom stereocenters. The van der Waals surface area contributed by atoms with Gasteiger partial charge in [-0.3, -0.25) is 0 Å². The van der Waals surface area contributed by atoms with Crippen LogP contribution in [0.15, 0.2) is 42.5 Å². The minimum Gasteiger partial charge on any atom is -0.493 e. The van der Waals surface area contributed by atoms with E-state index in [4.69, 9.17) is 21.1 Å². The Hall–Kier alpha value is -1.75. The Morgan fingerprint density at radius 1 is 1.15 bits per heavy atom. The van der Waals surface area contributed by atoms with E-state index in [1.807, 2.05) is 18.2 Å². The molecule has 1 N–H and O–H groups in total. The molecule has 0 saturated heterocycles. The predicted octanol–water partition coefficient (Wildman–Crippen LogP) is 4.53. The van der Waals surface area contributed by atoms with Crippen molar-refractivity contribution in [3.63, 3.8) is 0 Å². The van der Waals surface area contributed by atoms with Crippen LogP contribution in [0.25, 0.3) is 0 Å². The predicted molar refractivity (Wildman–Crippen MR) is 108 cm³/mol. The summed E-state index contributed by atoms with van der Waals surface area (Å²) >= 11 is 6.42. The first-order valence-electron chi connectivity index (χ1n) is 8.97. The lowest BCUT2D eigenvalue weighted by molar-refractivity contribution is 0.294. The second-order valence-electron chi connectivity index (χ2n) is 6.56. The number of rotatable bonds is 10. The smallest absolute Gasteiger partial charge is 0.179 e. The van der Waals surface area contributed by atoms with Crippen LogP contribution in [0.2, 0.25) is 5.02 Å². The molecule has 2 rings (SSSR count). The Balaban J connectivity index is 2.14. The highest BCUT2D eigenvalue weighted by Gasteiger charge is 2.15. The number of hydrogen-bond donors (Lipinski definition) is 1. The van der Waals surface area contributed by atoms with Crippen molar-refractivity contribution in [2.75, 3.05) is 34.4 Å². The second kappa shape index (κ2) is 10.4. The molecule has 0 bridgehead atoms. The van der Waals surface area contributed by atoms with Crippen molar-refractivity contribution in [3.8, 4) is 11.5 Å². The lowest BCUT2D eigenvalue weighted by Gasteiger charge is -2.23. The SMILES string of the molecule is CCCOc1c(Cl)cc(CN[C@H](CN(C)C)c2ccccc2)cc1OC. The molecule has 2 aromatic rings. The van der Waals surface area contributed by atoms with Crippen molar-refractivity contribution in [2.45, 2.75) is 25.9 Å². The zero-order valence-electron chi connectivity index (χ0n) is 16.1. The zero-order valence-corrected chi connectivity index (χ0v) is 16.8. The van der Waals surface area contributed by atoms with Gasteiger partial charge in [0.2, 0.25) is 0 Å². The third-order valence-electron chi connectivity index (χ3n) is 4.04. The average molecular weight is 377 g/mol. The molecule has 0 heterocycles. The molecule has 0 radical (unpaired) electrons. The van der Waals surface area contributed by atoms with Crippen LogP contribution < -0.4 is 14.8 Å². The molecule has 0 amide bonds. The third-order valence-corrected chi connectivity index (χ3v) is 4.32. The molecule has 142 valence electrons. The van der Waals surface area contributed by atoms with Crippen LogP contribution in [-0.4, -0.2) is 39.3 Å². The summed E-state index contributed by atoms with van der Waals surface area (Å²) in [5, 5.41) is 4.21. The van der Waals surface area contributed by atoms with Gasteiger partial charge in [0.25, 0.3) is 0 Å². The summed E-state index contributed by atoms with van der Waals surface area (Å²) in [5.41, 5.74) is 2.33. The standard InChI is InChI=1S/C21H29ClN2O2/c1-5-11-26-21-18(22)12-16(13-20(21)25-4)14-23-19(15-24(2)3)17-9-7-6-8-10-17/h6-10,12-13,19,23H,5,11,14-15H2,1-4H3/t19-/m1/s1. The van der Waals surface area contributed by atoms with Gasteiger partial charge in [0.15, 0.2) is 11.5 Å². The van der Waals surface area contributed by atoms with E-state index in [0.717, 1.165) is 18.5 Å². The molecule has 0 saturated carbocycles. The lowest BCUT2D eigenvalue weighted by Crippen LogP contribution is -2.30. The molecular formula is C21H29ClN2O2. The average Bonchev–Trinajstić information content (AvgIpc) is 2.64. The first kappa shape index (κ1) is 20.6. The van der Waals surface area contributed by atoms with Gasteiger partial charge in [-0.2, -0.15) is 0 Å². The Kier molecular flexibility index (Phi) is 8.23. The summed E-state index contributed by atoms with van der Waals surface area (Å²) in [6.45, 7) is 4.28. The van der Waals surface area contributed by atoms with Crippen molar-refractivity contribution in [3.05, 3.63) is 58.6 Å². The fourth-order valence-electron chi connectivity index (χ4n) is 2.80. The first-order chi connectivity index (χ1) is 12.5. The van der Waals surface area contributed by atoms with E-state index in [0.29, 0.717) is 29.7 Å². The molecule has 0 aliphatic heterocycles. The number of nitrogens with one attached hydrogen (secondary N) is 1. The lowest BCUT2D eigenvalue weighted by atomic mass is 10.1. The van der Waals surface area contributed by atoms with E-state index in [1.54, 1.807) is 7.11 Å². The van der Waals surface area contributed by atoms with Crippen molar-refractivity contribution in [1.82, 2.24) is 10.2 Å². The molecular weight excluding hydrogens is 348 g/mol. The third kappa shape index (κ3) is 5.90. The van der Waals surface area contributed by atoms with Crippen molar-refractivity contribution < 1.29 is 9.47 Å². The van der Waals surface area contributed by atoms with Crippen LogP contribution in [0.5, 0.6) is 11.5 Å². The maximum absolute atomic E-state index is 6.42. The fourth-order valence-corrected chi connectivity index (χ4v) is 3.09. The van der Waals surface area contributed by atoms with Gasteiger partial charge < -0.3 is 19.7 Å². The monoisotopic (exact) mass is 376 g/mol. The molecule has 0 spiro atoms. The topological polar surface area (TPSA) is 33.7 Å². The maximum Gasteiger partial charge on any atom is 0.179 e. The number of halogens is 1. The summed E-state index contributed by atoms with van der Waals surface area (Å²) in [6, 6.07) is 14.6. The minimum atomic E-state index is 0.229. The highest BCUT2D eigenvalue weighted by molar-refractivity contribution is 6.32. The van der Waals surface area contributed by atoms with Crippen LogP contribution in [0.4, 0.5) is 0 Å². The molecule has 0 aliphatic rings. The van der Waals surface area contributed by atoms with E-state index < -0.39 is 0 Å². The number of methoxy groups -OCH3 is 1. The van der Waals surface area contributed by atoms with Crippen LogP contribution >= 0.6 is 11.6 Å². The molecule has 0 aromatic heterocycles. The van der Waals surface area contributed by atoms with Gasteiger partial charge in [-0.05, 0) is 43.8 Å². The van der Waals surface area contributed by atoms with E-state index in [-0.39, 0.29) is 6.04 Å². The van der Waals surface area contributed by atoms with Crippen molar-refractivity contribution in [2.24, 2.45) is 0 Å². The van der Waals surface area contributed by atoms with Crippen LogP contribution in [-0.2, 0) is 6.54 Å². The normalized spacial score (nSPS) is 12.2. The number of likely N-dealkylation sites (N-methyl/N-ethyl adjacent to an activating group) is 1. The fraction of sp³-hybridized carbons (Fsp3) is 0.429. The minimum absolute atomic E-state index is 0.229. The van der Waals surface area contributed by atoms with Crippen LogP contribution in [0, 0.1) is 0 Å². The Bertz CT molecular complexity index is 677. The Morgan fingerprint density at radius 2 is 1.88 bits per heavy atom. The highest BCUT2D eigenvalue weighted by Crippen LogP contribution is 2.36. The molecule has 5 heteroatoms. The number of nitrogens with zero attached hydrogens (tertiary/aromatic N) is 1. The summed E-state index contributed by atoms with van der Waals surface area (Å²) in [5.74, 6) is 1.29. The van der Waals surface area contributed by atoms with E-state index in [2.05, 4.69) is 55.5 Å². The summed E-state index contributed by atoms with van der Waals surface area (Å²) < 4.78 is 11.2. The summed E-state index contributed by atoms with van der Waals surface area (Å²) in [7, 11) is 5.80. The van der Waals surface area contributed by atoms with E-state index in [9.17, 15) is 0 Å². The van der Waals surface area contributed by atoms with Gasteiger partial charge in [0, 0.05) is 19.1 Å². The van der Waals surface area contributed by atoms with Gasteiger partial charge in [0.1, 0.15) is 0 Å². The molecule has 2 aromatic carbocycles. The Labute approximate surface area is 162 Å². The number of ether oxygens (including phenoxy) is 2. The molecule has 0 unspecified atom stereocenters. The highest BCUT2D eigenvalue weighted by atomic mass is 35.5. The number of hydrogen-bond acceptors (Lipinski definition) is 4. The van der Waals surface area contributed by atoms with Crippen LogP contribution in [0.1, 0.15) is 30.5 Å². The van der Waals surface area contributed by atoms with Gasteiger partial charge in [0.05, 0.1) is 18.7 Å². The molecule has 0 aliphatic carbocycles. The second-order valence-corrected chi connectivity index (χ2v) is 6.97. The maximum atomic E-state index is 6.42. The van der Waals surface area contributed by atoms with Crippen molar-refractivity contribution >= 4 is 11.6 Å². The van der Waals surface area contributed by atoms with Crippen molar-refractivity contribution in [1.29, 1.82) is 0 Å². The quantitative estimate of drug-likeness (QED) is 0.660. The molecule has 26 heavy (non-hydrogen) atoms.